The number of benzene rings is 2. The molecule has 172 valence electrons. The van der Waals surface area contributed by atoms with Gasteiger partial charge >= 0.3 is 0 Å². The highest BCUT2D eigenvalue weighted by Crippen LogP contribution is 2.40. The molecule has 0 radical (unpaired) electrons. The lowest BCUT2D eigenvalue weighted by Crippen LogP contribution is -2.48. The zero-order valence-electron chi connectivity index (χ0n) is 18.8. The number of fused-ring (bicyclic) bond motifs is 1. The standard InChI is InChI=1S/C24H31N3O4S/c1-17-9-6-7-14-27(17)32(28,29)26-16-21(19-11-8-13-23(30-2)24(19)31-3)20-15-25-22-12-5-4-10-18(20)22/h4-5,8,10-13,15,17,21,25-26H,6-7,9,14,16H2,1-3H3/t17-,21+/m0/s1. The van der Waals surface area contributed by atoms with Crippen LogP contribution in [0.2, 0.25) is 0 Å². The molecule has 0 unspecified atom stereocenters. The van der Waals surface area contributed by atoms with Crippen LogP contribution in [0.3, 0.4) is 0 Å². The minimum Gasteiger partial charge on any atom is -0.493 e. The summed E-state index contributed by atoms with van der Waals surface area (Å²) in [6.45, 7) is 2.73. The number of hydrogen-bond donors (Lipinski definition) is 2. The average molecular weight is 458 g/mol. The number of nitrogens with one attached hydrogen (secondary N) is 2. The molecular weight excluding hydrogens is 426 g/mol. The molecule has 1 aliphatic rings. The van der Waals surface area contributed by atoms with Crippen molar-refractivity contribution < 1.29 is 17.9 Å². The Balaban J connectivity index is 1.74. The molecule has 2 heterocycles. The SMILES string of the molecule is COc1cccc([C@@H](CNS(=O)(=O)N2CCCC[C@@H]2C)c2c[nH]c3ccccc23)c1OC. The first-order valence-corrected chi connectivity index (χ1v) is 12.4. The number of nitrogens with zero attached hydrogens (tertiary/aromatic N) is 1. The van der Waals surface area contributed by atoms with Gasteiger partial charge in [-0.3, -0.25) is 0 Å². The van der Waals surface area contributed by atoms with E-state index in [4.69, 9.17) is 9.47 Å². The highest BCUT2D eigenvalue weighted by atomic mass is 32.2. The molecule has 8 heteroatoms. The molecule has 4 rings (SSSR count). The van der Waals surface area contributed by atoms with E-state index in [1.165, 1.54) is 0 Å². The van der Waals surface area contributed by atoms with Gasteiger partial charge in [0.2, 0.25) is 0 Å². The lowest BCUT2D eigenvalue weighted by molar-refractivity contribution is 0.265. The second kappa shape index (κ2) is 9.52. The van der Waals surface area contributed by atoms with Crippen molar-refractivity contribution in [3.8, 4) is 11.5 Å². The number of ether oxygens (including phenoxy) is 2. The van der Waals surface area contributed by atoms with Gasteiger partial charge in [-0.25, -0.2) is 4.72 Å². The summed E-state index contributed by atoms with van der Waals surface area (Å²) in [5.74, 6) is 0.948. The van der Waals surface area contributed by atoms with Crippen LogP contribution in [0, 0.1) is 0 Å². The van der Waals surface area contributed by atoms with E-state index in [0.29, 0.717) is 18.0 Å². The molecule has 1 aliphatic heterocycles. The largest absolute Gasteiger partial charge is 0.493 e. The van der Waals surface area contributed by atoms with Crippen molar-refractivity contribution in [2.75, 3.05) is 27.3 Å². The van der Waals surface area contributed by atoms with Gasteiger partial charge in [0.1, 0.15) is 0 Å². The van der Waals surface area contributed by atoms with E-state index in [1.807, 2.05) is 55.6 Å². The number of piperidine rings is 1. The zero-order chi connectivity index (χ0) is 22.7. The second-order valence-electron chi connectivity index (χ2n) is 8.23. The van der Waals surface area contributed by atoms with Gasteiger partial charge in [-0.05, 0) is 37.5 Å². The quantitative estimate of drug-likeness (QED) is 0.535. The topological polar surface area (TPSA) is 83.7 Å². The summed E-state index contributed by atoms with van der Waals surface area (Å²) in [5, 5.41) is 1.05. The molecule has 0 bridgehead atoms. The molecule has 0 amide bonds. The number of aromatic nitrogens is 1. The molecule has 0 spiro atoms. The van der Waals surface area contributed by atoms with Gasteiger partial charge in [0.25, 0.3) is 10.2 Å². The molecule has 0 aliphatic carbocycles. The Bertz CT molecular complexity index is 1170. The number of H-pyrrole nitrogens is 1. The van der Waals surface area contributed by atoms with Crippen molar-refractivity contribution in [1.29, 1.82) is 0 Å². The Morgan fingerprint density at radius 3 is 2.66 bits per heavy atom. The minimum atomic E-state index is -3.61. The van der Waals surface area contributed by atoms with E-state index in [9.17, 15) is 8.42 Å². The molecule has 3 aromatic rings. The van der Waals surface area contributed by atoms with Gasteiger partial charge in [-0.2, -0.15) is 12.7 Å². The molecule has 1 aromatic heterocycles. The first-order valence-electron chi connectivity index (χ1n) is 11.0. The number of rotatable bonds is 8. The number of para-hydroxylation sites is 2. The van der Waals surface area contributed by atoms with Crippen LogP contribution in [0.4, 0.5) is 0 Å². The number of methoxy groups -OCH3 is 2. The van der Waals surface area contributed by atoms with Gasteiger partial charge in [0.05, 0.1) is 14.2 Å². The van der Waals surface area contributed by atoms with E-state index in [1.54, 1.807) is 18.5 Å². The van der Waals surface area contributed by atoms with Crippen LogP contribution >= 0.6 is 0 Å². The predicted octanol–water partition coefficient (Wildman–Crippen LogP) is 4.03. The van der Waals surface area contributed by atoms with Crippen molar-refractivity contribution in [2.24, 2.45) is 0 Å². The molecule has 2 atom stereocenters. The Morgan fingerprint density at radius 1 is 1.09 bits per heavy atom. The molecule has 32 heavy (non-hydrogen) atoms. The molecule has 1 fully saturated rings. The molecule has 2 aromatic carbocycles. The fourth-order valence-electron chi connectivity index (χ4n) is 4.66. The Labute approximate surface area is 189 Å². The van der Waals surface area contributed by atoms with Gasteiger partial charge < -0.3 is 14.5 Å². The smallest absolute Gasteiger partial charge is 0.279 e. The van der Waals surface area contributed by atoms with Crippen molar-refractivity contribution in [3.05, 3.63) is 59.8 Å². The summed E-state index contributed by atoms with van der Waals surface area (Å²) in [4.78, 5) is 3.31. The van der Waals surface area contributed by atoms with Gasteiger partial charge in [-0.1, -0.05) is 36.8 Å². The molecule has 0 saturated carbocycles. The van der Waals surface area contributed by atoms with E-state index in [2.05, 4.69) is 9.71 Å². The molecular formula is C24H31N3O4S. The third-order valence-corrected chi connectivity index (χ3v) is 8.02. The van der Waals surface area contributed by atoms with Gasteiger partial charge in [0.15, 0.2) is 11.5 Å². The first kappa shape index (κ1) is 22.6. The maximum absolute atomic E-state index is 13.2. The second-order valence-corrected chi connectivity index (χ2v) is 9.94. The lowest BCUT2D eigenvalue weighted by atomic mass is 9.90. The normalized spacial score (nSPS) is 18.5. The van der Waals surface area contributed by atoms with Crippen molar-refractivity contribution >= 4 is 21.1 Å². The first-order chi connectivity index (χ1) is 15.5. The monoisotopic (exact) mass is 457 g/mol. The maximum Gasteiger partial charge on any atom is 0.279 e. The van der Waals surface area contributed by atoms with Crippen molar-refractivity contribution in [1.82, 2.24) is 14.0 Å². The molecule has 2 N–H and O–H groups in total. The third-order valence-electron chi connectivity index (χ3n) is 6.33. The Kier molecular flexibility index (Phi) is 6.74. The highest BCUT2D eigenvalue weighted by molar-refractivity contribution is 7.87. The summed E-state index contributed by atoms with van der Waals surface area (Å²) in [7, 11) is -0.410. The fraction of sp³-hybridized carbons (Fsp3) is 0.417. The van der Waals surface area contributed by atoms with E-state index >= 15 is 0 Å². The summed E-state index contributed by atoms with van der Waals surface area (Å²) in [6, 6.07) is 13.7. The predicted molar refractivity (Wildman–Crippen MR) is 127 cm³/mol. The van der Waals surface area contributed by atoms with Crippen molar-refractivity contribution in [3.63, 3.8) is 0 Å². The number of hydrogen-bond acceptors (Lipinski definition) is 4. The summed E-state index contributed by atoms with van der Waals surface area (Å²) in [6.07, 6.45) is 4.79. The van der Waals surface area contributed by atoms with Gasteiger partial charge in [0, 0.05) is 47.7 Å². The van der Waals surface area contributed by atoms with Gasteiger partial charge in [-0.15, -0.1) is 0 Å². The molecule has 1 saturated heterocycles. The average Bonchev–Trinajstić information content (AvgIpc) is 3.23. The Hall–Kier alpha value is -2.55. The van der Waals surface area contributed by atoms with E-state index in [-0.39, 0.29) is 18.5 Å². The Morgan fingerprint density at radius 2 is 1.91 bits per heavy atom. The van der Waals surface area contributed by atoms with Crippen LogP contribution < -0.4 is 14.2 Å². The third kappa shape index (κ3) is 4.35. The van der Waals surface area contributed by atoms with Crippen LogP contribution in [0.5, 0.6) is 11.5 Å². The zero-order valence-corrected chi connectivity index (χ0v) is 19.6. The number of aromatic amines is 1. The summed E-state index contributed by atoms with van der Waals surface area (Å²) in [5.41, 5.74) is 2.87. The maximum atomic E-state index is 13.2. The fourth-order valence-corrected chi connectivity index (χ4v) is 6.15. The minimum absolute atomic E-state index is 0.000792. The highest BCUT2D eigenvalue weighted by Gasteiger charge is 2.31. The lowest BCUT2D eigenvalue weighted by Gasteiger charge is -2.33. The van der Waals surface area contributed by atoms with Crippen LogP contribution in [0.25, 0.3) is 10.9 Å². The summed E-state index contributed by atoms with van der Waals surface area (Å²) >= 11 is 0. The van der Waals surface area contributed by atoms with Crippen LogP contribution in [0.15, 0.2) is 48.7 Å². The van der Waals surface area contributed by atoms with Crippen LogP contribution in [-0.2, 0) is 10.2 Å². The van der Waals surface area contributed by atoms with E-state index in [0.717, 1.165) is 41.3 Å². The van der Waals surface area contributed by atoms with E-state index < -0.39 is 10.2 Å². The van der Waals surface area contributed by atoms with Crippen molar-refractivity contribution in [2.45, 2.75) is 38.1 Å². The summed E-state index contributed by atoms with van der Waals surface area (Å²) < 4.78 is 42.1. The van der Waals surface area contributed by atoms with Crippen LogP contribution in [0.1, 0.15) is 43.2 Å². The molecule has 7 nitrogen and oxygen atoms in total. The van der Waals surface area contributed by atoms with Crippen LogP contribution in [-0.4, -0.2) is 51.1 Å².